The van der Waals surface area contributed by atoms with Crippen molar-refractivity contribution >= 4 is 28.8 Å². The number of nitrogens with one attached hydrogen (secondary N) is 2. The van der Waals surface area contributed by atoms with Gasteiger partial charge in [0, 0.05) is 18.1 Å². The summed E-state index contributed by atoms with van der Waals surface area (Å²) >= 11 is 1.43. The fraction of sp³-hybridized carbons (Fsp3) is 0.250. The minimum atomic E-state index is -0.711. The number of amides is 2. The second-order valence-corrected chi connectivity index (χ2v) is 5.06. The second-order valence-electron chi connectivity index (χ2n) is 4.08. The number of anilines is 1. The normalized spacial score (nSPS) is 11.9. The molecule has 2 aromatic heterocycles. The molecule has 7 nitrogen and oxygen atoms in total. The van der Waals surface area contributed by atoms with Gasteiger partial charge >= 0.3 is 0 Å². The highest BCUT2D eigenvalue weighted by molar-refractivity contribution is 7.10. The lowest BCUT2D eigenvalue weighted by molar-refractivity contribution is -0.121. The molecule has 0 radical (unpaired) electrons. The molecule has 0 spiro atoms. The first-order valence-corrected chi connectivity index (χ1v) is 6.81. The molecule has 0 aliphatic rings. The number of thiophene rings is 1. The van der Waals surface area contributed by atoms with Crippen LogP contribution in [0.5, 0.6) is 0 Å². The van der Waals surface area contributed by atoms with Crippen LogP contribution in [0.3, 0.4) is 0 Å². The van der Waals surface area contributed by atoms with Crippen molar-refractivity contribution in [3.8, 4) is 0 Å². The van der Waals surface area contributed by atoms with E-state index < -0.39 is 6.04 Å². The van der Waals surface area contributed by atoms with Crippen LogP contribution < -0.4 is 16.4 Å². The highest BCUT2D eigenvalue weighted by Crippen LogP contribution is 2.18. The molecule has 0 fully saturated rings. The standard InChI is InChI=1S/C12H15N5O2S/c1-14-10(18)7-17-6-8(5-15-17)16-12(19)11(13)9-3-2-4-20-9/h2-6,11H,7,13H2,1H3,(H,14,18)(H,16,19). The Bertz CT molecular complexity index is 593. The molecule has 106 valence electrons. The van der Waals surface area contributed by atoms with Gasteiger partial charge in [-0.25, -0.2) is 0 Å². The molecule has 8 heteroatoms. The third-order valence-corrected chi connectivity index (χ3v) is 3.57. The van der Waals surface area contributed by atoms with Crippen molar-refractivity contribution in [2.75, 3.05) is 12.4 Å². The molecule has 1 unspecified atom stereocenters. The Kier molecular flexibility index (Phi) is 4.49. The summed E-state index contributed by atoms with van der Waals surface area (Å²) in [6, 6.07) is 2.94. The van der Waals surface area contributed by atoms with Crippen molar-refractivity contribution < 1.29 is 9.59 Å². The molecule has 0 saturated heterocycles. The largest absolute Gasteiger partial charge is 0.358 e. The molecule has 2 rings (SSSR count). The van der Waals surface area contributed by atoms with E-state index in [0.29, 0.717) is 5.69 Å². The fourth-order valence-electron chi connectivity index (χ4n) is 1.56. The topological polar surface area (TPSA) is 102 Å². The molecule has 0 aromatic carbocycles. The SMILES string of the molecule is CNC(=O)Cn1cc(NC(=O)C(N)c2cccs2)cn1. The zero-order valence-corrected chi connectivity index (χ0v) is 11.7. The molecule has 2 heterocycles. The Morgan fingerprint density at radius 2 is 2.35 bits per heavy atom. The Hall–Kier alpha value is -2.19. The van der Waals surface area contributed by atoms with Gasteiger partial charge in [-0.1, -0.05) is 6.07 Å². The lowest BCUT2D eigenvalue weighted by atomic mass is 10.2. The summed E-state index contributed by atoms with van der Waals surface area (Å²) < 4.78 is 1.44. The van der Waals surface area contributed by atoms with Crippen LogP contribution in [0.1, 0.15) is 10.9 Å². The maximum absolute atomic E-state index is 12.0. The van der Waals surface area contributed by atoms with Crippen LogP contribution in [-0.4, -0.2) is 28.6 Å². The van der Waals surface area contributed by atoms with Gasteiger partial charge in [-0.15, -0.1) is 11.3 Å². The number of rotatable bonds is 5. The van der Waals surface area contributed by atoms with Gasteiger partial charge in [-0.05, 0) is 11.4 Å². The lowest BCUT2D eigenvalue weighted by Crippen LogP contribution is -2.26. The number of likely N-dealkylation sites (N-methyl/N-ethyl adjacent to an activating group) is 1. The molecule has 2 aromatic rings. The minimum Gasteiger partial charge on any atom is -0.358 e. The van der Waals surface area contributed by atoms with Gasteiger partial charge in [0.25, 0.3) is 0 Å². The Balaban J connectivity index is 1.96. The van der Waals surface area contributed by atoms with E-state index in [1.807, 2.05) is 17.5 Å². The number of carbonyl (C=O) groups is 2. The molecule has 0 aliphatic carbocycles. The third kappa shape index (κ3) is 3.43. The number of nitrogens with two attached hydrogens (primary N) is 1. The quantitative estimate of drug-likeness (QED) is 0.739. The number of carbonyl (C=O) groups excluding carboxylic acids is 2. The average molecular weight is 293 g/mol. The van der Waals surface area contributed by atoms with Crippen molar-refractivity contribution in [1.29, 1.82) is 0 Å². The van der Waals surface area contributed by atoms with Crippen molar-refractivity contribution in [3.05, 3.63) is 34.8 Å². The monoisotopic (exact) mass is 293 g/mol. The van der Waals surface area contributed by atoms with Gasteiger partial charge in [0.1, 0.15) is 12.6 Å². The summed E-state index contributed by atoms with van der Waals surface area (Å²) in [7, 11) is 1.55. The van der Waals surface area contributed by atoms with E-state index in [4.69, 9.17) is 5.73 Å². The van der Waals surface area contributed by atoms with Gasteiger partial charge in [0.05, 0.1) is 11.9 Å². The van der Waals surface area contributed by atoms with E-state index in [-0.39, 0.29) is 18.4 Å². The molecule has 0 saturated carbocycles. The number of aromatic nitrogens is 2. The van der Waals surface area contributed by atoms with Crippen LogP contribution in [0.25, 0.3) is 0 Å². The highest BCUT2D eigenvalue weighted by Gasteiger charge is 2.17. The fourth-order valence-corrected chi connectivity index (χ4v) is 2.28. The van der Waals surface area contributed by atoms with Gasteiger partial charge in [-0.2, -0.15) is 5.10 Å². The molecule has 2 amide bonds. The predicted molar refractivity (Wildman–Crippen MR) is 76.2 cm³/mol. The first-order valence-electron chi connectivity index (χ1n) is 5.93. The molecule has 4 N–H and O–H groups in total. The number of hydrogen-bond donors (Lipinski definition) is 3. The van der Waals surface area contributed by atoms with Crippen LogP contribution in [0.15, 0.2) is 29.9 Å². The van der Waals surface area contributed by atoms with Crippen LogP contribution >= 0.6 is 11.3 Å². The summed E-state index contributed by atoms with van der Waals surface area (Å²) in [6.07, 6.45) is 3.05. The Morgan fingerprint density at radius 3 is 3.00 bits per heavy atom. The summed E-state index contributed by atoms with van der Waals surface area (Å²) in [5.74, 6) is -0.479. The first-order chi connectivity index (χ1) is 9.60. The van der Waals surface area contributed by atoms with Crippen molar-refractivity contribution in [2.24, 2.45) is 5.73 Å². The van der Waals surface area contributed by atoms with Crippen LogP contribution in [0.4, 0.5) is 5.69 Å². The van der Waals surface area contributed by atoms with Crippen LogP contribution in [-0.2, 0) is 16.1 Å². The predicted octanol–water partition coefficient (Wildman–Crippen LogP) is 0.329. The zero-order valence-electron chi connectivity index (χ0n) is 10.9. The van der Waals surface area contributed by atoms with E-state index in [2.05, 4.69) is 15.7 Å². The van der Waals surface area contributed by atoms with E-state index in [0.717, 1.165) is 4.88 Å². The summed E-state index contributed by atoms with van der Waals surface area (Å²) in [4.78, 5) is 23.9. The van der Waals surface area contributed by atoms with Gasteiger partial charge in [-0.3, -0.25) is 14.3 Å². The van der Waals surface area contributed by atoms with E-state index in [9.17, 15) is 9.59 Å². The molecule has 1 atom stereocenters. The van der Waals surface area contributed by atoms with Crippen LogP contribution in [0, 0.1) is 0 Å². The number of hydrogen-bond acceptors (Lipinski definition) is 5. The molecule has 20 heavy (non-hydrogen) atoms. The summed E-state index contributed by atoms with van der Waals surface area (Å²) in [5, 5.41) is 11.0. The van der Waals surface area contributed by atoms with Crippen molar-refractivity contribution in [2.45, 2.75) is 12.6 Å². The first kappa shape index (κ1) is 14.2. The lowest BCUT2D eigenvalue weighted by Gasteiger charge is -2.08. The van der Waals surface area contributed by atoms with Crippen molar-refractivity contribution in [3.63, 3.8) is 0 Å². The minimum absolute atomic E-state index is 0.101. The molecular weight excluding hydrogens is 278 g/mol. The van der Waals surface area contributed by atoms with Crippen LogP contribution in [0.2, 0.25) is 0 Å². The van der Waals surface area contributed by atoms with E-state index >= 15 is 0 Å². The molecule has 0 aliphatic heterocycles. The van der Waals surface area contributed by atoms with Gasteiger partial charge < -0.3 is 16.4 Å². The highest BCUT2D eigenvalue weighted by atomic mass is 32.1. The summed E-state index contributed by atoms with van der Waals surface area (Å²) in [5.41, 5.74) is 6.35. The van der Waals surface area contributed by atoms with Gasteiger partial charge in [0.2, 0.25) is 11.8 Å². The number of nitrogens with zero attached hydrogens (tertiary/aromatic N) is 2. The zero-order chi connectivity index (χ0) is 14.5. The average Bonchev–Trinajstić information content (AvgIpc) is 3.09. The maximum Gasteiger partial charge on any atom is 0.246 e. The molecular formula is C12H15N5O2S. The maximum atomic E-state index is 12.0. The Morgan fingerprint density at radius 1 is 1.55 bits per heavy atom. The molecule has 0 bridgehead atoms. The summed E-state index contributed by atoms with van der Waals surface area (Å²) in [6.45, 7) is 0.101. The van der Waals surface area contributed by atoms with E-state index in [1.54, 1.807) is 13.2 Å². The smallest absolute Gasteiger partial charge is 0.246 e. The van der Waals surface area contributed by atoms with Gasteiger partial charge in [0.15, 0.2) is 0 Å². The third-order valence-electron chi connectivity index (χ3n) is 2.62. The van der Waals surface area contributed by atoms with E-state index in [1.165, 1.54) is 22.2 Å². The Labute approximate surface area is 119 Å². The van der Waals surface area contributed by atoms with Crippen molar-refractivity contribution in [1.82, 2.24) is 15.1 Å². The second kappa shape index (κ2) is 6.31.